The van der Waals surface area contributed by atoms with Crippen LogP contribution in [0.1, 0.15) is 22.4 Å². The van der Waals surface area contributed by atoms with Gasteiger partial charge in [0.05, 0.1) is 30.9 Å². The van der Waals surface area contributed by atoms with Crippen molar-refractivity contribution in [1.82, 2.24) is 19.2 Å². The van der Waals surface area contributed by atoms with Gasteiger partial charge in [-0.25, -0.2) is 4.68 Å². The van der Waals surface area contributed by atoms with Crippen LogP contribution in [0.5, 0.6) is 0 Å². The summed E-state index contributed by atoms with van der Waals surface area (Å²) >= 11 is 0. The highest BCUT2D eigenvalue weighted by atomic mass is 16.2. The number of aryl methyl sites for hydroxylation is 1. The van der Waals surface area contributed by atoms with E-state index in [2.05, 4.69) is 47.9 Å². The maximum absolute atomic E-state index is 13.3. The van der Waals surface area contributed by atoms with Crippen LogP contribution in [0.15, 0.2) is 91.3 Å². The molecule has 162 valence electrons. The Balaban J connectivity index is 1.34. The molecule has 0 bridgehead atoms. The van der Waals surface area contributed by atoms with Crippen molar-refractivity contribution in [3.8, 4) is 11.5 Å². The first-order chi connectivity index (χ1) is 16.2. The first kappa shape index (κ1) is 19.6. The molecule has 33 heavy (non-hydrogen) atoms. The predicted molar refractivity (Wildman–Crippen MR) is 130 cm³/mol. The molecule has 6 rings (SSSR count). The first-order valence-electron chi connectivity index (χ1n) is 11.2. The molecule has 0 N–H and O–H groups in total. The minimum atomic E-state index is 0.130. The predicted octanol–water partition coefficient (Wildman–Crippen LogP) is 5.21. The van der Waals surface area contributed by atoms with Gasteiger partial charge in [-0.05, 0) is 47.0 Å². The summed E-state index contributed by atoms with van der Waals surface area (Å²) < 4.78 is 4.11. The zero-order valence-electron chi connectivity index (χ0n) is 18.5. The Morgan fingerprint density at radius 2 is 1.64 bits per heavy atom. The summed E-state index contributed by atoms with van der Waals surface area (Å²) in [4.78, 5) is 15.2. The van der Waals surface area contributed by atoms with Gasteiger partial charge >= 0.3 is 0 Å². The zero-order chi connectivity index (χ0) is 22.4. The van der Waals surface area contributed by atoms with E-state index in [-0.39, 0.29) is 5.91 Å². The van der Waals surface area contributed by atoms with Crippen molar-refractivity contribution in [1.29, 1.82) is 0 Å². The Hall–Kier alpha value is -4.12. The van der Waals surface area contributed by atoms with E-state index >= 15 is 0 Å². The fourth-order valence-corrected chi connectivity index (χ4v) is 4.81. The van der Waals surface area contributed by atoms with Gasteiger partial charge in [0.15, 0.2) is 0 Å². The van der Waals surface area contributed by atoms with Crippen molar-refractivity contribution < 1.29 is 4.79 Å². The average Bonchev–Trinajstić information content (AvgIpc) is 3.56. The van der Waals surface area contributed by atoms with Crippen LogP contribution in [0, 0.1) is 6.92 Å². The molecule has 1 amide bonds. The summed E-state index contributed by atoms with van der Waals surface area (Å²) in [5, 5.41) is 7.27. The number of para-hydroxylation sites is 1. The molecule has 1 aliphatic heterocycles. The molecule has 5 heteroatoms. The van der Waals surface area contributed by atoms with Crippen molar-refractivity contribution in [3.05, 3.63) is 114 Å². The highest BCUT2D eigenvalue weighted by molar-refractivity contribution is 5.90. The molecule has 3 aromatic carbocycles. The lowest BCUT2D eigenvalue weighted by molar-refractivity contribution is -0.131. The summed E-state index contributed by atoms with van der Waals surface area (Å²) in [6.07, 6.45) is 4.46. The van der Waals surface area contributed by atoms with Crippen LogP contribution in [-0.2, 0) is 24.3 Å². The molecular weight excluding hydrogens is 408 g/mol. The van der Waals surface area contributed by atoms with Crippen molar-refractivity contribution in [3.63, 3.8) is 0 Å². The molecule has 3 heterocycles. The van der Waals surface area contributed by atoms with Gasteiger partial charge in [0.2, 0.25) is 5.91 Å². The van der Waals surface area contributed by atoms with E-state index in [0.717, 1.165) is 44.7 Å². The normalized spacial score (nSPS) is 12.9. The van der Waals surface area contributed by atoms with Gasteiger partial charge in [0.1, 0.15) is 5.82 Å². The van der Waals surface area contributed by atoms with Crippen molar-refractivity contribution >= 4 is 16.7 Å². The first-order valence-corrected chi connectivity index (χ1v) is 11.2. The van der Waals surface area contributed by atoms with Gasteiger partial charge in [-0.1, -0.05) is 60.7 Å². The number of aromatic nitrogens is 3. The second kappa shape index (κ2) is 7.78. The molecular formula is C28H24N4O. The van der Waals surface area contributed by atoms with Crippen LogP contribution in [-0.4, -0.2) is 25.2 Å². The van der Waals surface area contributed by atoms with E-state index in [0.29, 0.717) is 19.5 Å². The van der Waals surface area contributed by atoms with E-state index in [1.807, 2.05) is 64.4 Å². The third-order valence-corrected chi connectivity index (χ3v) is 6.50. The number of nitrogens with zero attached hydrogens (tertiary/aromatic N) is 4. The topological polar surface area (TPSA) is 43.1 Å². The monoisotopic (exact) mass is 432 g/mol. The summed E-state index contributed by atoms with van der Waals surface area (Å²) in [5.74, 6) is 1.13. The summed E-state index contributed by atoms with van der Waals surface area (Å²) in [5.41, 5.74) is 5.37. The molecule has 0 spiro atoms. The van der Waals surface area contributed by atoms with E-state index in [1.165, 1.54) is 0 Å². The Morgan fingerprint density at radius 1 is 0.879 bits per heavy atom. The number of rotatable bonds is 4. The SMILES string of the molecule is Cc1ccccc1-n1nc2c(c1-n1cccc1)CN(C(=O)Cc1cccc3ccccc13)C2. The highest BCUT2D eigenvalue weighted by Crippen LogP contribution is 2.32. The standard InChI is InChI=1S/C28H24N4O/c1-20-9-2-5-14-26(20)32-28(30-15-6-7-16-30)24-18-31(19-25(24)29-32)27(33)17-22-12-8-11-21-10-3-4-13-23(21)22/h2-16H,17-19H2,1H3. The van der Waals surface area contributed by atoms with Crippen molar-refractivity contribution in [2.75, 3.05) is 0 Å². The van der Waals surface area contributed by atoms with Crippen LogP contribution in [0.4, 0.5) is 0 Å². The van der Waals surface area contributed by atoms with Gasteiger partial charge in [-0.15, -0.1) is 0 Å². The maximum Gasteiger partial charge on any atom is 0.227 e. The quantitative estimate of drug-likeness (QED) is 0.391. The number of fused-ring (bicyclic) bond motifs is 2. The number of hydrogen-bond donors (Lipinski definition) is 0. The third-order valence-electron chi connectivity index (χ3n) is 6.50. The average molecular weight is 433 g/mol. The fraction of sp³-hybridized carbons (Fsp3) is 0.143. The second-order valence-corrected chi connectivity index (χ2v) is 8.60. The summed E-state index contributed by atoms with van der Waals surface area (Å²) in [7, 11) is 0. The van der Waals surface area contributed by atoms with Gasteiger partial charge in [-0.3, -0.25) is 4.79 Å². The minimum Gasteiger partial charge on any atom is -0.332 e. The third kappa shape index (κ3) is 3.33. The smallest absolute Gasteiger partial charge is 0.227 e. The number of carbonyl (C=O) groups is 1. The summed E-state index contributed by atoms with van der Waals surface area (Å²) in [6.45, 7) is 3.20. The largest absolute Gasteiger partial charge is 0.332 e. The lowest BCUT2D eigenvalue weighted by atomic mass is 10.0. The van der Waals surface area contributed by atoms with Gasteiger partial charge in [0.25, 0.3) is 0 Å². The molecule has 0 saturated heterocycles. The van der Waals surface area contributed by atoms with Crippen molar-refractivity contribution in [2.24, 2.45) is 0 Å². The Morgan fingerprint density at radius 3 is 2.48 bits per heavy atom. The van der Waals surface area contributed by atoms with E-state index in [1.54, 1.807) is 0 Å². The van der Waals surface area contributed by atoms with Crippen LogP contribution in [0.2, 0.25) is 0 Å². The van der Waals surface area contributed by atoms with Crippen LogP contribution in [0.3, 0.4) is 0 Å². The highest BCUT2D eigenvalue weighted by Gasteiger charge is 2.31. The Bertz CT molecular complexity index is 1470. The lowest BCUT2D eigenvalue weighted by Gasteiger charge is -2.18. The maximum atomic E-state index is 13.3. The van der Waals surface area contributed by atoms with Gasteiger partial charge < -0.3 is 9.47 Å². The second-order valence-electron chi connectivity index (χ2n) is 8.60. The molecule has 0 atom stereocenters. The summed E-state index contributed by atoms with van der Waals surface area (Å²) in [6, 6.07) is 26.7. The van der Waals surface area contributed by atoms with Gasteiger partial charge in [0, 0.05) is 18.0 Å². The van der Waals surface area contributed by atoms with Crippen LogP contribution in [0.25, 0.3) is 22.3 Å². The van der Waals surface area contributed by atoms with E-state index in [9.17, 15) is 4.79 Å². The van der Waals surface area contributed by atoms with E-state index in [4.69, 9.17) is 5.10 Å². The van der Waals surface area contributed by atoms with E-state index < -0.39 is 0 Å². The van der Waals surface area contributed by atoms with Crippen LogP contribution >= 0.6 is 0 Å². The molecule has 5 aromatic rings. The number of benzene rings is 3. The molecule has 0 fully saturated rings. The molecule has 0 unspecified atom stereocenters. The molecule has 0 saturated carbocycles. The van der Waals surface area contributed by atoms with Crippen LogP contribution < -0.4 is 0 Å². The van der Waals surface area contributed by atoms with Crippen molar-refractivity contribution in [2.45, 2.75) is 26.4 Å². The zero-order valence-corrected chi connectivity index (χ0v) is 18.5. The number of hydrogen-bond acceptors (Lipinski definition) is 2. The lowest BCUT2D eigenvalue weighted by Crippen LogP contribution is -2.28. The van der Waals surface area contributed by atoms with Gasteiger partial charge in [-0.2, -0.15) is 5.10 Å². The number of amides is 1. The molecule has 2 aromatic heterocycles. The Labute approximate surface area is 192 Å². The molecule has 5 nitrogen and oxygen atoms in total. The fourth-order valence-electron chi connectivity index (χ4n) is 4.81. The Kier molecular flexibility index (Phi) is 4.61. The molecule has 0 aliphatic carbocycles. The molecule has 1 aliphatic rings. The minimum absolute atomic E-state index is 0.130. The number of carbonyl (C=O) groups excluding carboxylic acids is 1. The molecule has 0 radical (unpaired) electrons.